The van der Waals surface area contributed by atoms with Gasteiger partial charge >= 0.3 is 5.69 Å². The Kier molecular flexibility index (Phi) is 7.35. The lowest BCUT2D eigenvalue weighted by atomic mass is 10.0. The molecule has 0 bridgehead atoms. The normalized spacial score (nSPS) is 11.5. The standard InChI is InChI=1S/C29H34N8O/c1-5-7-11-25-19-37(28-26(20(3)4)13-15-35(28)6-2)29(38)36(25)18-24-17-22(12-14-30-24)21-9-8-10-23(16-21)27-31-33-34-32-27/h8-10,12-17,19-20H,5-7,11,18H2,1-4H3,(H,31,32,33,34). The summed E-state index contributed by atoms with van der Waals surface area (Å²) in [5, 5.41) is 14.3. The molecule has 0 fully saturated rings. The predicted octanol–water partition coefficient (Wildman–Crippen LogP) is 5.22. The number of pyridine rings is 1. The van der Waals surface area contributed by atoms with Crippen LogP contribution in [0.5, 0.6) is 0 Å². The summed E-state index contributed by atoms with van der Waals surface area (Å²) < 4.78 is 5.87. The zero-order chi connectivity index (χ0) is 26.6. The van der Waals surface area contributed by atoms with E-state index in [4.69, 9.17) is 0 Å². The number of unbranched alkanes of at least 4 members (excludes halogenated alkanes) is 1. The van der Waals surface area contributed by atoms with Gasteiger partial charge in [0.15, 0.2) is 0 Å². The monoisotopic (exact) mass is 510 g/mol. The van der Waals surface area contributed by atoms with Gasteiger partial charge in [-0.25, -0.2) is 4.79 Å². The summed E-state index contributed by atoms with van der Waals surface area (Å²) in [6.07, 6.45) is 8.84. The first-order valence-electron chi connectivity index (χ1n) is 13.3. The van der Waals surface area contributed by atoms with Gasteiger partial charge in [-0.05, 0) is 71.9 Å². The summed E-state index contributed by atoms with van der Waals surface area (Å²) in [5.41, 5.74) is 5.93. The van der Waals surface area contributed by atoms with Crippen LogP contribution < -0.4 is 5.69 Å². The van der Waals surface area contributed by atoms with E-state index in [1.54, 1.807) is 6.20 Å². The van der Waals surface area contributed by atoms with Gasteiger partial charge < -0.3 is 4.57 Å². The van der Waals surface area contributed by atoms with Crippen LogP contribution in [0.4, 0.5) is 0 Å². The van der Waals surface area contributed by atoms with Crippen molar-refractivity contribution in [1.82, 2.24) is 39.3 Å². The van der Waals surface area contributed by atoms with Crippen molar-refractivity contribution in [2.45, 2.75) is 66.0 Å². The maximum absolute atomic E-state index is 13.9. The highest BCUT2D eigenvalue weighted by molar-refractivity contribution is 5.70. The maximum atomic E-state index is 13.9. The van der Waals surface area contributed by atoms with Crippen molar-refractivity contribution in [3.8, 4) is 28.3 Å². The molecule has 0 saturated carbocycles. The fourth-order valence-electron chi connectivity index (χ4n) is 4.90. The SMILES string of the molecule is CCCCc1cn(-c2c(C(C)C)ccn2CC)c(=O)n1Cc1cc(-c2cccc(-c3nn[nH]n3)c2)ccn1. The molecule has 0 saturated heterocycles. The van der Waals surface area contributed by atoms with Gasteiger partial charge in [0.05, 0.1) is 12.2 Å². The second-order valence-electron chi connectivity index (χ2n) is 9.85. The van der Waals surface area contributed by atoms with Gasteiger partial charge in [0.2, 0.25) is 5.82 Å². The lowest BCUT2D eigenvalue weighted by molar-refractivity contribution is 0.654. The van der Waals surface area contributed by atoms with Gasteiger partial charge in [0, 0.05) is 36.4 Å². The van der Waals surface area contributed by atoms with E-state index < -0.39 is 0 Å². The molecule has 0 amide bonds. The van der Waals surface area contributed by atoms with Crippen molar-refractivity contribution in [2.24, 2.45) is 0 Å². The molecule has 5 aromatic rings. The average molecular weight is 511 g/mol. The Morgan fingerprint density at radius 2 is 1.84 bits per heavy atom. The molecular weight excluding hydrogens is 476 g/mol. The first-order valence-corrected chi connectivity index (χ1v) is 13.3. The number of aromatic amines is 1. The van der Waals surface area contributed by atoms with Gasteiger partial charge in [-0.2, -0.15) is 5.21 Å². The summed E-state index contributed by atoms with van der Waals surface area (Å²) in [7, 11) is 0. The molecular formula is C29H34N8O. The quantitative estimate of drug-likeness (QED) is 0.278. The molecule has 5 rings (SSSR count). The molecule has 0 spiro atoms. The summed E-state index contributed by atoms with van der Waals surface area (Å²) in [6, 6.07) is 14.2. The lowest BCUT2D eigenvalue weighted by Crippen LogP contribution is -2.27. The number of hydrogen-bond donors (Lipinski definition) is 1. The van der Waals surface area contributed by atoms with Crippen LogP contribution in [0.2, 0.25) is 0 Å². The van der Waals surface area contributed by atoms with E-state index in [0.29, 0.717) is 18.3 Å². The van der Waals surface area contributed by atoms with Crippen molar-refractivity contribution < 1.29 is 0 Å². The molecule has 1 N–H and O–H groups in total. The molecule has 0 unspecified atom stereocenters. The van der Waals surface area contributed by atoms with Gasteiger partial charge in [-0.3, -0.25) is 14.1 Å². The number of imidazole rings is 1. The molecule has 1 aromatic carbocycles. The number of aryl methyl sites for hydroxylation is 2. The summed E-state index contributed by atoms with van der Waals surface area (Å²) in [6.45, 7) is 9.83. The minimum atomic E-state index is -0.0299. The molecule has 4 heterocycles. The number of nitrogens with one attached hydrogen (secondary N) is 1. The third-order valence-electron chi connectivity index (χ3n) is 6.94. The molecule has 0 aliphatic heterocycles. The second-order valence-corrected chi connectivity index (χ2v) is 9.85. The maximum Gasteiger partial charge on any atom is 0.334 e. The molecule has 0 atom stereocenters. The van der Waals surface area contributed by atoms with Crippen LogP contribution in [0.3, 0.4) is 0 Å². The molecule has 38 heavy (non-hydrogen) atoms. The predicted molar refractivity (Wildman–Crippen MR) is 148 cm³/mol. The van der Waals surface area contributed by atoms with E-state index in [1.807, 2.05) is 45.7 Å². The largest absolute Gasteiger partial charge is 0.334 e. The second kappa shape index (κ2) is 11.0. The Labute approximate surface area is 222 Å². The Bertz CT molecular complexity index is 1570. The smallest absolute Gasteiger partial charge is 0.334 e. The van der Waals surface area contributed by atoms with Crippen LogP contribution in [0, 0.1) is 0 Å². The van der Waals surface area contributed by atoms with Crippen molar-refractivity contribution in [2.75, 3.05) is 0 Å². The molecule has 9 heteroatoms. The van der Waals surface area contributed by atoms with Crippen LogP contribution in [-0.4, -0.2) is 39.3 Å². The van der Waals surface area contributed by atoms with E-state index >= 15 is 0 Å². The van der Waals surface area contributed by atoms with Crippen molar-refractivity contribution in [3.63, 3.8) is 0 Å². The van der Waals surface area contributed by atoms with Crippen LogP contribution in [-0.2, 0) is 19.5 Å². The highest BCUT2D eigenvalue weighted by Crippen LogP contribution is 2.26. The molecule has 0 aliphatic rings. The van der Waals surface area contributed by atoms with Crippen LogP contribution in [0.15, 0.2) is 65.8 Å². The van der Waals surface area contributed by atoms with E-state index in [-0.39, 0.29) is 5.69 Å². The number of nitrogens with zero attached hydrogens (tertiary/aromatic N) is 7. The van der Waals surface area contributed by atoms with Gasteiger partial charge in [0.25, 0.3) is 0 Å². The third kappa shape index (κ3) is 4.96. The molecule has 0 radical (unpaired) electrons. The molecule has 4 aromatic heterocycles. The third-order valence-corrected chi connectivity index (χ3v) is 6.94. The number of rotatable bonds is 10. The molecule has 196 valence electrons. The zero-order valence-corrected chi connectivity index (χ0v) is 22.4. The zero-order valence-electron chi connectivity index (χ0n) is 22.4. The summed E-state index contributed by atoms with van der Waals surface area (Å²) >= 11 is 0. The van der Waals surface area contributed by atoms with Gasteiger partial charge in [0.1, 0.15) is 5.82 Å². The molecule has 9 nitrogen and oxygen atoms in total. The summed E-state index contributed by atoms with van der Waals surface area (Å²) in [5.74, 6) is 1.82. The minimum Gasteiger partial charge on any atom is -0.334 e. The molecule has 0 aliphatic carbocycles. The lowest BCUT2D eigenvalue weighted by Gasteiger charge is -2.12. The Morgan fingerprint density at radius 3 is 2.58 bits per heavy atom. The van der Waals surface area contributed by atoms with Crippen LogP contribution >= 0.6 is 0 Å². The Morgan fingerprint density at radius 1 is 1.03 bits per heavy atom. The fourth-order valence-corrected chi connectivity index (χ4v) is 4.90. The highest BCUT2D eigenvalue weighted by atomic mass is 16.1. The van der Waals surface area contributed by atoms with E-state index in [9.17, 15) is 4.79 Å². The number of aromatic nitrogens is 8. The average Bonchev–Trinajstić information content (AvgIpc) is 3.68. The van der Waals surface area contributed by atoms with E-state index in [0.717, 1.165) is 59.7 Å². The Hall–Kier alpha value is -4.27. The number of hydrogen-bond acceptors (Lipinski definition) is 5. The van der Waals surface area contributed by atoms with E-state index in [1.165, 1.54) is 5.56 Å². The Balaban J connectivity index is 1.53. The number of tetrazole rings is 1. The van der Waals surface area contributed by atoms with Gasteiger partial charge in [-0.1, -0.05) is 45.4 Å². The van der Waals surface area contributed by atoms with Crippen LogP contribution in [0.25, 0.3) is 28.3 Å². The number of H-pyrrole nitrogens is 1. The van der Waals surface area contributed by atoms with Gasteiger partial charge in [-0.15, -0.1) is 10.2 Å². The minimum absolute atomic E-state index is 0.0299. The van der Waals surface area contributed by atoms with Crippen molar-refractivity contribution >= 4 is 0 Å². The van der Waals surface area contributed by atoms with Crippen molar-refractivity contribution in [1.29, 1.82) is 0 Å². The fraction of sp³-hybridized carbons (Fsp3) is 0.345. The van der Waals surface area contributed by atoms with E-state index in [2.05, 4.69) is 76.2 Å². The van der Waals surface area contributed by atoms with Crippen molar-refractivity contribution in [3.05, 3.63) is 88.5 Å². The highest BCUT2D eigenvalue weighted by Gasteiger charge is 2.20. The number of benzene rings is 1. The van der Waals surface area contributed by atoms with Crippen LogP contribution in [0.1, 0.15) is 63.4 Å². The first-order chi connectivity index (χ1) is 18.5. The topological polar surface area (TPSA) is 99.2 Å². The summed E-state index contributed by atoms with van der Waals surface area (Å²) in [4.78, 5) is 18.5. The first kappa shape index (κ1) is 25.4.